The Morgan fingerprint density at radius 1 is 0.846 bits per heavy atom. The largest absolute Gasteiger partial charge is 0.0748 e. The van der Waals surface area contributed by atoms with Gasteiger partial charge in [0.15, 0.2) is 0 Å². The molecule has 0 aromatic heterocycles. The zero-order valence-corrected chi connectivity index (χ0v) is 28.3. The Hall–Kier alpha value is -2.12. The van der Waals surface area contributed by atoms with Crippen molar-refractivity contribution >= 4 is 14.1 Å². The third-order valence-electron chi connectivity index (χ3n) is 11.4. The van der Waals surface area contributed by atoms with Crippen LogP contribution in [0.5, 0.6) is 0 Å². The SMILES string of the molecule is CC1=CC(C)([Si](C)(C)C2C(C)=Cc3c2cc2c(c3-c3ccc(C(C)(C)C)cc3)C(C)(C)CC2(C)C)C(C)=C1C. The zero-order chi connectivity index (χ0) is 29.1. The van der Waals surface area contributed by atoms with Gasteiger partial charge in [-0.3, -0.25) is 0 Å². The summed E-state index contributed by atoms with van der Waals surface area (Å²) in [6.07, 6.45) is 6.41. The van der Waals surface area contributed by atoms with E-state index in [1.807, 2.05) is 0 Å². The Kier molecular flexibility index (Phi) is 6.15. The van der Waals surface area contributed by atoms with Gasteiger partial charge < -0.3 is 0 Å². The molecule has 0 saturated heterocycles. The summed E-state index contributed by atoms with van der Waals surface area (Å²) in [5, 5.41) is 0.158. The maximum absolute atomic E-state index is 2.68. The Morgan fingerprint density at radius 3 is 1.95 bits per heavy atom. The first-order valence-corrected chi connectivity index (χ1v) is 18.2. The lowest BCUT2D eigenvalue weighted by Crippen LogP contribution is -2.46. The van der Waals surface area contributed by atoms with E-state index in [9.17, 15) is 0 Å². The van der Waals surface area contributed by atoms with Crippen LogP contribution >= 0.6 is 0 Å². The van der Waals surface area contributed by atoms with Crippen molar-refractivity contribution in [2.45, 2.75) is 129 Å². The number of rotatable bonds is 3. The summed E-state index contributed by atoms with van der Waals surface area (Å²) in [7, 11) is -1.90. The fourth-order valence-corrected chi connectivity index (χ4v) is 13.5. The molecule has 3 aliphatic rings. The molecule has 39 heavy (non-hydrogen) atoms. The second-order valence-electron chi connectivity index (χ2n) is 16.3. The maximum Gasteiger partial charge on any atom is 0.0748 e. The van der Waals surface area contributed by atoms with Gasteiger partial charge in [0.05, 0.1) is 8.07 Å². The first-order chi connectivity index (χ1) is 17.7. The summed E-state index contributed by atoms with van der Waals surface area (Å²) >= 11 is 0. The molecule has 2 aromatic rings. The molecule has 0 spiro atoms. The van der Waals surface area contributed by atoms with Gasteiger partial charge >= 0.3 is 0 Å². The van der Waals surface area contributed by atoms with Gasteiger partial charge in [0.25, 0.3) is 0 Å². The molecule has 0 radical (unpaired) electrons. The van der Waals surface area contributed by atoms with Crippen LogP contribution < -0.4 is 0 Å². The van der Waals surface area contributed by atoms with Crippen molar-refractivity contribution < 1.29 is 0 Å². The van der Waals surface area contributed by atoms with Crippen LogP contribution in [-0.2, 0) is 16.2 Å². The van der Waals surface area contributed by atoms with E-state index in [0.717, 1.165) is 0 Å². The normalized spacial score (nSPS) is 25.5. The maximum atomic E-state index is 2.68. The van der Waals surface area contributed by atoms with Crippen LogP contribution in [0.2, 0.25) is 18.1 Å². The molecule has 0 fully saturated rings. The topological polar surface area (TPSA) is 0 Å². The van der Waals surface area contributed by atoms with Gasteiger partial charge in [-0.25, -0.2) is 0 Å². The molecule has 0 bridgehead atoms. The highest BCUT2D eigenvalue weighted by molar-refractivity contribution is 6.83. The molecule has 0 heterocycles. The van der Waals surface area contributed by atoms with Gasteiger partial charge in [-0.2, -0.15) is 0 Å². The standard InChI is InChI=1S/C38H52Si/c1-23-19-29-30(34(23)39(13,14)38(12)21-24(2)25(3)26(38)4)20-31-33(37(10,11)22-36(31,8)9)32(29)27-15-17-28(18-16-27)35(5,6)7/h15-21,34H,22H2,1-14H3. The van der Waals surface area contributed by atoms with E-state index in [1.54, 1.807) is 27.8 Å². The van der Waals surface area contributed by atoms with E-state index in [4.69, 9.17) is 0 Å². The molecule has 1 heteroatoms. The third-order valence-corrected chi connectivity index (χ3v) is 16.8. The van der Waals surface area contributed by atoms with E-state index in [1.165, 1.54) is 39.8 Å². The average Bonchev–Trinajstić information content (AvgIpc) is 3.32. The molecule has 3 aliphatic carbocycles. The molecule has 5 rings (SSSR count). The summed E-state index contributed by atoms with van der Waals surface area (Å²) in [6, 6.07) is 12.3. The molecule has 0 nitrogen and oxygen atoms in total. The molecule has 2 unspecified atom stereocenters. The molecule has 0 aliphatic heterocycles. The lowest BCUT2D eigenvalue weighted by atomic mass is 9.78. The van der Waals surface area contributed by atoms with E-state index in [2.05, 4.69) is 139 Å². The highest BCUT2D eigenvalue weighted by Crippen LogP contribution is 2.62. The third kappa shape index (κ3) is 3.97. The van der Waals surface area contributed by atoms with Gasteiger partial charge in [0.2, 0.25) is 0 Å². The predicted octanol–water partition coefficient (Wildman–Crippen LogP) is 11.4. The average molecular weight is 537 g/mol. The van der Waals surface area contributed by atoms with Crippen LogP contribution in [0, 0.1) is 0 Å². The fourth-order valence-electron chi connectivity index (χ4n) is 8.89. The number of fused-ring (bicyclic) bond motifs is 2. The summed E-state index contributed by atoms with van der Waals surface area (Å²) in [5.41, 5.74) is 17.7. The second-order valence-corrected chi connectivity index (χ2v) is 21.3. The highest BCUT2D eigenvalue weighted by Gasteiger charge is 2.54. The first-order valence-electron chi connectivity index (χ1n) is 15.1. The molecule has 0 N–H and O–H groups in total. The minimum Gasteiger partial charge on any atom is -0.0741 e. The minimum absolute atomic E-state index is 0.145. The van der Waals surface area contributed by atoms with Crippen molar-refractivity contribution in [2.24, 2.45) is 0 Å². The van der Waals surface area contributed by atoms with Crippen LogP contribution in [0.15, 0.2) is 58.7 Å². The lowest BCUT2D eigenvalue weighted by Gasteiger charge is -2.46. The van der Waals surface area contributed by atoms with Crippen molar-refractivity contribution in [3.8, 4) is 11.1 Å². The van der Waals surface area contributed by atoms with Crippen LogP contribution in [0.4, 0.5) is 0 Å². The van der Waals surface area contributed by atoms with Crippen molar-refractivity contribution in [3.63, 3.8) is 0 Å². The van der Waals surface area contributed by atoms with E-state index in [-0.39, 0.29) is 21.3 Å². The minimum atomic E-state index is -1.90. The molecule has 0 saturated carbocycles. The molecule has 208 valence electrons. The Morgan fingerprint density at radius 2 is 1.44 bits per heavy atom. The van der Waals surface area contributed by atoms with E-state index in [0.29, 0.717) is 5.54 Å². The van der Waals surface area contributed by atoms with Crippen LogP contribution in [0.3, 0.4) is 0 Å². The smallest absolute Gasteiger partial charge is 0.0741 e. The first kappa shape index (κ1) is 28.4. The highest BCUT2D eigenvalue weighted by atomic mass is 28.3. The zero-order valence-electron chi connectivity index (χ0n) is 27.3. The van der Waals surface area contributed by atoms with Gasteiger partial charge in [-0.1, -0.05) is 128 Å². The summed E-state index contributed by atoms with van der Waals surface area (Å²) in [4.78, 5) is 0. The fraction of sp³-hybridized carbons (Fsp3) is 0.526. The van der Waals surface area contributed by atoms with Crippen molar-refractivity contribution in [1.29, 1.82) is 0 Å². The molecule has 0 amide bonds. The van der Waals surface area contributed by atoms with Crippen molar-refractivity contribution in [3.05, 3.63) is 86.5 Å². The molecule has 2 aromatic carbocycles. The van der Waals surface area contributed by atoms with Gasteiger partial charge in [0.1, 0.15) is 0 Å². The number of hydrogen-bond donors (Lipinski definition) is 0. The van der Waals surface area contributed by atoms with Gasteiger partial charge in [0, 0.05) is 10.6 Å². The lowest BCUT2D eigenvalue weighted by molar-refractivity contribution is 0.403. The van der Waals surface area contributed by atoms with Gasteiger partial charge in [-0.15, -0.1) is 0 Å². The van der Waals surface area contributed by atoms with Crippen LogP contribution in [-0.4, -0.2) is 8.07 Å². The van der Waals surface area contributed by atoms with Crippen LogP contribution in [0.25, 0.3) is 17.2 Å². The second kappa shape index (κ2) is 8.45. The predicted molar refractivity (Wildman–Crippen MR) is 176 cm³/mol. The van der Waals surface area contributed by atoms with Crippen molar-refractivity contribution in [1.82, 2.24) is 0 Å². The number of allylic oxidation sites excluding steroid dienone is 5. The van der Waals surface area contributed by atoms with E-state index >= 15 is 0 Å². The Labute approximate surface area is 240 Å². The number of hydrogen-bond acceptors (Lipinski definition) is 0. The van der Waals surface area contributed by atoms with E-state index < -0.39 is 8.07 Å². The monoisotopic (exact) mass is 536 g/mol. The summed E-state index contributed by atoms with van der Waals surface area (Å²) in [6.45, 7) is 34.2. The molecular formula is C38H52Si. The number of benzene rings is 2. The van der Waals surface area contributed by atoms with Crippen LogP contribution in [0.1, 0.15) is 123 Å². The Bertz CT molecular complexity index is 1460. The van der Waals surface area contributed by atoms with Gasteiger partial charge in [-0.05, 0) is 94.9 Å². The summed E-state index contributed by atoms with van der Waals surface area (Å²) in [5.74, 6) is 0. The molecule has 2 atom stereocenters. The molecular weight excluding hydrogens is 485 g/mol. The quantitative estimate of drug-likeness (QED) is 0.342. The van der Waals surface area contributed by atoms with Crippen molar-refractivity contribution in [2.75, 3.05) is 0 Å². The summed E-state index contributed by atoms with van der Waals surface area (Å²) < 4.78 is 0. The Balaban J connectivity index is 1.80.